The van der Waals surface area contributed by atoms with Crippen LogP contribution in [-0.2, 0) is 0 Å². The van der Waals surface area contributed by atoms with Crippen LogP contribution < -0.4 is 0 Å². The summed E-state index contributed by atoms with van der Waals surface area (Å²) in [4.78, 5) is 10.6. The van der Waals surface area contributed by atoms with E-state index in [1.807, 2.05) is 24.3 Å². The summed E-state index contributed by atoms with van der Waals surface area (Å²) in [5.74, 6) is 0. The molecule has 0 bridgehead atoms. The standard InChI is InChI=1S/C68H44N4/c1-3-17-45(18-4-1)59-43-51(71-63-27-13-7-21-55(63)56-22-8-14-28-64(56)71)39-41-53(59)47-31-35-49(36-32-47)67-68(70-62-26-12-11-25-61(62)69-67)50-37-33-48(34-38-50)54-42-40-52(44-60(54)46-19-5-2-6-20-46)72-65-29-15-9-23-57(65)58-24-10-16-30-66(58)72/h1-44H. The Kier molecular flexibility index (Phi) is 9.82. The highest BCUT2D eigenvalue weighted by molar-refractivity contribution is 6.10. The van der Waals surface area contributed by atoms with Gasteiger partial charge in [-0.05, 0) is 105 Å². The molecular weight excluding hydrogens is 873 g/mol. The Morgan fingerprint density at radius 1 is 0.222 bits per heavy atom. The highest BCUT2D eigenvalue weighted by atomic mass is 15.0. The van der Waals surface area contributed by atoms with Gasteiger partial charge < -0.3 is 9.13 Å². The Labute approximate surface area is 417 Å². The molecule has 4 nitrogen and oxygen atoms in total. The van der Waals surface area contributed by atoms with E-state index in [4.69, 9.17) is 9.97 Å². The molecule has 4 heteroatoms. The molecule has 72 heavy (non-hydrogen) atoms. The van der Waals surface area contributed by atoms with Gasteiger partial charge in [-0.15, -0.1) is 0 Å². The van der Waals surface area contributed by atoms with Crippen LogP contribution in [0.1, 0.15) is 0 Å². The second-order valence-electron chi connectivity index (χ2n) is 18.5. The quantitative estimate of drug-likeness (QED) is 0.152. The maximum atomic E-state index is 5.32. The fourth-order valence-electron chi connectivity index (χ4n) is 11.0. The van der Waals surface area contributed by atoms with E-state index >= 15 is 0 Å². The van der Waals surface area contributed by atoms with Crippen LogP contribution >= 0.6 is 0 Å². The molecule has 0 radical (unpaired) electrons. The molecule has 14 rings (SSSR count). The predicted molar refractivity (Wildman–Crippen MR) is 301 cm³/mol. The first-order chi connectivity index (χ1) is 35.7. The van der Waals surface area contributed by atoms with Crippen molar-refractivity contribution in [1.29, 1.82) is 0 Å². The molecule has 3 heterocycles. The summed E-state index contributed by atoms with van der Waals surface area (Å²) in [6, 6.07) is 95.9. The highest BCUT2D eigenvalue weighted by Crippen LogP contribution is 2.41. The zero-order valence-electron chi connectivity index (χ0n) is 39.2. The number of para-hydroxylation sites is 6. The Morgan fingerprint density at radius 3 is 0.875 bits per heavy atom. The number of rotatable bonds is 8. The van der Waals surface area contributed by atoms with Crippen LogP contribution in [0, 0.1) is 0 Å². The van der Waals surface area contributed by atoms with Crippen LogP contribution in [0.4, 0.5) is 0 Å². The number of hydrogen-bond acceptors (Lipinski definition) is 2. The minimum absolute atomic E-state index is 0.846. The highest BCUT2D eigenvalue weighted by Gasteiger charge is 2.19. The minimum Gasteiger partial charge on any atom is -0.309 e. The van der Waals surface area contributed by atoms with Crippen LogP contribution in [0.3, 0.4) is 0 Å². The van der Waals surface area contributed by atoms with Crippen molar-refractivity contribution in [1.82, 2.24) is 19.1 Å². The number of fused-ring (bicyclic) bond motifs is 7. The molecule has 0 spiro atoms. The van der Waals surface area contributed by atoms with Gasteiger partial charge in [0.1, 0.15) is 0 Å². The molecule has 0 N–H and O–H groups in total. The van der Waals surface area contributed by atoms with Crippen molar-refractivity contribution in [3.05, 3.63) is 267 Å². The van der Waals surface area contributed by atoms with Gasteiger partial charge in [-0.3, -0.25) is 0 Å². The summed E-state index contributed by atoms with van der Waals surface area (Å²) in [6.07, 6.45) is 0. The Bertz CT molecular complexity index is 3970. The summed E-state index contributed by atoms with van der Waals surface area (Å²) < 4.78 is 4.78. The summed E-state index contributed by atoms with van der Waals surface area (Å²) in [6.45, 7) is 0. The van der Waals surface area contributed by atoms with Crippen LogP contribution in [0.2, 0.25) is 0 Å². The van der Waals surface area contributed by atoms with Gasteiger partial charge in [-0.1, -0.05) is 206 Å². The van der Waals surface area contributed by atoms with Crippen LogP contribution in [0.25, 0.3) is 133 Å². The number of benzene rings is 11. The Hall–Kier alpha value is -9.64. The summed E-state index contributed by atoms with van der Waals surface area (Å²) in [7, 11) is 0. The molecule has 0 saturated heterocycles. The summed E-state index contributed by atoms with van der Waals surface area (Å²) >= 11 is 0. The molecule has 336 valence electrons. The van der Waals surface area contributed by atoms with Gasteiger partial charge >= 0.3 is 0 Å². The van der Waals surface area contributed by atoms with Crippen LogP contribution in [0.15, 0.2) is 267 Å². The monoisotopic (exact) mass is 916 g/mol. The Morgan fingerprint density at radius 2 is 0.514 bits per heavy atom. The van der Waals surface area contributed by atoms with Crippen molar-refractivity contribution in [2.45, 2.75) is 0 Å². The van der Waals surface area contributed by atoms with Gasteiger partial charge in [0, 0.05) is 44.0 Å². The van der Waals surface area contributed by atoms with E-state index < -0.39 is 0 Å². The second kappa shape index (κ2) is 17.1. The maximum Gasteiger partial charge on any atom is 0.0973 e. The van der Waals surface area contributed by atoms with Crippen molar-refractivity contribution >= 4 is 54.6 Å². The van der Waals surface area contributed by atoms with E-state index in [2.05, 4.69) is 252 Å². The summed E-state index contributed by atoms with van der Waals surface area (Å²) in [5, 5.41) is 5.00. The molecule has 0 atom stereocenters. The first-order valence-electron chi connectivity index (χ1n) is 24.6. The van der Waals surface area contributed by atoms with Gasteiger partial charge in [0.05, 0.1) is 44.5 Å². The van der Waals surface area contributed by atoms with Gasteiger partial charge in [-0.25, -0.2) is 9.97 Å². The average Bonchev–Trinajstić information content (AvgIpc) is 3.98. The van der Waals surface area contributed by atoms with E-state index in [1.165, 1.54) is 65.9 Å². The maximum absolute atomic E-state index is 5.32. The van der Waals surface area contributed by atoms with Crippen LogP contribution in [0.5, 0.6) is 0 Å². The van der Waals surface area contributed by atoms with Crippen molar-refractivity contribution < 1.29 is 0 Å². The third-order valence-electron chi connectivity index (χ3n) is 14.4. The lowest BCUT2D eigenvalue weighted by Crippen LogP contribution is -1.97. The molecule has 11 aromatic carbocycles. The normalized spacial score (nSPS) is 11.6. The molecular formula is C68H44N4. The lowest BCUT2D eigenvalue weighted by molar-refractivity contribution is 1.18. The second-order valence-corrected chi connectivity index (χ2v) is 18.5. The third kappa shape index (κ3) is 6.92. The molecule has 0 aliphatic carbocycles. The SMILES string of the molecule is c1ccc(-c2cc(-n3c4ccccc4c4ccccc43)ccc2-c2ccc(-c3nc4ccccc4nc3-c3ccc(-c4ccc(-n5c6ccccc6c6ccccc65)cc4-c4ccccc4)cc3)cc2)cc1. The molecule has 0 unspecified atom stereocenters. The smallest absolute Gasteiger partial charge is 0.0973 e. The van der Waals surface area contributed by atoms with Crippen molar-refractivity contribution in [2.75, 3.05) is 0 Å². The molecule has 0 aliphatic heterocycles. The summed E-state index contributed by atoms with van der Waals surface area (Å²) in [5.41, 5.74) is 21.7. The molecule has 0 fully saturated rings. The van der Waals surface area contributed by atoms with E-state index in [9.17, 15) is 0 Å². The van der Waals surface area contributed by atoms with Gasteiger partial charge in [-0.2, -0.15) is 0 Å². The minimum atomic E-state index is 0.846. The van der Waals surface area contributed by atoms with E-state index in [0.29, 0.717) is 0 Å². The molecule has 0 aliphatic rings. The lowest BCUT2D eigenvalue weighted by Gasteiger charge is -2.16. The van der Waals surface area contributed by atoms with Gasteiger partial charge in [0.15, 0.2) is 0 Å². The van der Waals surface area contributed by atoms with Gasteiger partial charge in [0.2, 0.25) is 0 Å². The number of hydrogen-bond donors (Lipinski definition) is 0. The number of nitrogens with zero attached hydrogens (tertiary/aromatic N) is 4. The van der Waals surface area contributed by atoms with Crippen LogP contribution in [-0.4, -0.2) is 19.1 Å². The average molecular weight is 917 g/mol. The molecule has 3 aromatic heterocycles. The zero-order chi connectivity index (χ0) is 47.5. The third-order valence-corrected chi connectivity index (χ3v) is 14.4. The fourth-order valence-corrected chi connectivity index (χ4v) is 11.0. The Balaban J connectivity index is 0.852. The van der Waals surface area contributed by atoms with Crippen molar-refractivity contribution in [3.8, 4) is 78.4 Å². The van der Waals surface area contributed by atoms with Crippen molar-refractivity contribution in [2.24, 2.45) is 0 Å². The van der Waals surface area contributed by atoms with E-state index in [0.717, 1.165) is 67.2 Å². The molecule has 0 amide bonds. The van der Waals surface area contributed by atoms with Gasteiger partial charge in [0.25, 0.3) is 0 Å². The number of aromatic nitrogens is 4. The van der Waals surface area contributed by atoms with Crippen molar-refractivity contribution in [3.63, 3.8) is 0 Å². The fraction of sp³-hybridized carbons (Fsp3) is 0. The predicted octanol–water partition coefficient (Wildman–Crippen LogP) is 17.8. The van der Waals surface area contributed by atoms with E-state index in [1.54, 1.807) is 0 Å². The molecule has 14 aromatic rings. The largest absolute Gasteiger partial charge is 0.309 e. The topological polar surface area (TPSA) is 35.6 Å². The zero-order valence-corrected chi connectivity index (χ0v) is 39.2. The van der Waals surface area contributed by atoms with E-state index in [-0.39, 0.29) is 0 Å². The molecule has 0 saturated carbocycles. The first kappa shape index (κ1) is 41.3. The lowest BCUT2D eigenvalue weighted by atomic mass is 9.92. The first-order valence-corrected chi connectivity index (χ1v) is 24.6.